The number of nitrogens with one attached hydrogen (secondary N) is 1. The van der Waals surface area contributed by atoms with Gasteiger partial charge >= 0.3 is 6.18 Å². The monoisotopic (exact) mass is 323 g/mol. The zero-order valence-electron chi connectivity index (χ0n) is 12.4. The van der Waals surface area contributed by atoms with E-state index in [0.717, 1.165) is 18.6 Å². The molecule has 0 aliphatic carbocycles. The number of alkyl halides is 3. The van der Waals surface area contributed by atoms with Crippen LogP contribution in [0.25, 0.3) is 0 Å². The topological polar surface area (TPSA) is 12.0 Å². The largest absolute Gasteiger partial charge is 0.419 e. The minimum atomic E-state index is -4.67. The molecule has 120 valence electrons. The lowest BCUT2D eigenvalue weighted by Crippen LogP contribution is -2.25. The third-order valence-electron chi connectivity index (χ3n) is 2.94. The van der Waals surface area contributed by atoms with Gasteiger partial charge in [-0.25, -0.2) is 4.39 Å². The van der Waals surface area contributed by atoms with Crippen molar-refractivity contribution < 1.29 is 17.6 Å². The molecule has 6 heteroatoms. The van der Waals surface area contributed by atoms with Gasteiger partial charge in [0.05, 0.1) is 5.56 Å². The molecule has 0 bridgehead atoms. The van der Waals surface area contributed by atoms with Crippen LogP contribution in [0.3, 0.4) is 0 Å². The van der Waals surface area contributed by atoms with Crippen LogP contribution in [0.2, 0.25) is 0 Å². The van der Waals surface area contributed by atoms with E-state index in [1.807, 2.05) is 20.8 Å². The predicted octanol–water partition coefficient (Wildman–Crippen LogP) is 5.03. The minimum Gasteiger partial charge on any atom is -0.309 e. The fourth-order valence-corrected chi connectivity index (χ4v) is 2.74. The Labute approximate surface area is 127 Å². The minimum absolute atomic E-state index is 0.209. The molecule has 1 nitrogen and oxygen atoms in total. The van der Waals surface area contributed by atoms with E-state index >= 15 is 0 Å². The first-order valence-corrected chi connectivity index (χ1v) is 8.02. The van der Waals surface area contributed by atoms with E-state index in [1.165, 1.54) is 6.07 Å². The van der Waals surface area contributed by atoms with E-state index in [0.29, 0.717) is 23.1 Å². The average Bonchev–Trinajstić information content (AvgIpc) is 2.38. The normalized spacial score (nSPS) is 13.7. The molecule has 0 amide bonds. The van der Waals surface area contributed by atoms with Crippen LogP contribution in [0, 0.1) is 5.82 Å². The molecule has 0 heterocycles. The number of thioether (sulfide) groups is 1. The molecule has 0 saturated heterocycles. The van der Waals surface area contributed by atoms with Crippen molar-refractivity contribution in [1.82, 2.24) is 5.32 Å². The third-order valence-corrected chi connectivity index (χ3v) is 4.13. The van der Waals surface area contributed by atoms with Crippen LogP contribution < -0.4 is 5.32 Å². The maximum atomic E-state index is 13.3. The number of halogens is 4. The molecular formula is C15H21F4NS. The second kappa shape index (κ2) is 8.03. The molecule has 0 spiro atoms. The number of hydrogen-bond acceptors (Lipinski definition) is 2. The Morgan fingerprint density at radius 1 is 1.24 bits per heavy atom. The Morgan fingerprint density at radius 2 is 1.90 bits per heavy atom. The molecule has 0 radical (unpaired) electrons. The lowest BCUT2D eigenvalue weighted by atomic mass is 10.0. The Hall–Kier alpha value is -0.750. The molecule has 21 heavy (non-hydrogen) atoms. The smallest absolute Gasteiger partial charge is 0.309 e. The maximum absolute atomic E-state index is 13.3. The Morgan fingerprint density at radius 3 is 2.43 bits per heavy atom. The van der Waals surface area contributed by atoms with Crippen LogP contribution in [0.5, 0.6) is 0 Å². The lowest BCUT2D eigenvalue weighted by molar-refractivity contribution is -0.140. The summed E-state index contributed by atoms with van der Waals surface area (Å²) in [6.07, 6.45) is -3.78. The third kappa shape index (κ3) is 5.87. The van der Waals surface area contributed by atoms with Crippen LogP contribution >= 0.6 is 11.8 Å². The molecule has 0 fully saturated rings. The molecule has 1 rings (SSSR count). The molecule has 1 aromatic rings. The molecule has 1 atom stereocenters. The summed E-state index contributed by atoms with van der Waals surface area (Å²) in [5, 5.41) is 3.62. The second-order valence-corrected chi connectivity index (χ2v) is 6.74. The van der Waals surface area contributed by atoms with Gasteiger partial charge in [0.1, 0.15) is 5.82 Å². The van der Waals surface area contributed by atoms with Crippen LogP contribution in [0.1, 0.15) is 44.4 Å². The highest BCUT2D eigenvalue weighted by Crippen LogP contribution is 2.33. The molecule has 0 aliphatic heterocycles. The van der Waals surface area contributed by atoms with Crippen molar-refractivity contribution in [2.45, 2.75) is 44.7 Å². The first-order valence-electron chi connectivity index (χ1n) is 6.97. The molecule has 0 aromatic heterocycles. The summed E-state index contributed by atoms with van der Waals surface area (Å²) in [7, 11) is 0. The van der Waals surface area contributed by atoms with Crippen molar-refractivity contribution >= 4 is 11.8 Å². The molecule has 1 aromatic carbocycles. The van der Waals surface area contributed by atoms with Crippen LogP contribution in [0.4, 0.5) is 17.6 Å². The van der Waals surface area contributed by atoms with Crippen LogP contribution in [-0.2, 0) is 6.18 Å². The average molecular weight is 323 g/mol. The summed E-state index contributed by atoms with van der Waals surface area (Å²) in [6, 6.07) is 3.04. The molecular weight excluding hydrogens is 302 g/mol. The van der Waals surface area contributed by atoms with Crippen molar-refractivity contribution in [3.63, 3.8) is 0 Å². The SMILES string of the molecule is CCCNC(CSC(C)C)c1ccc(F)c(C(F)(F)F)c1. The van der Waals surface area contributed by atoms with E-state index in [-0.39, 0.29) is 6.04 Å². The summed E-state index contributed by atoms with van der Waals surface area (Å²) in [5.41, 5.74) is -0.719. The lowest BCUT2D eigenvalue weighted by Gasteiger charge is -2.21. The van der Waals surface area contributed by atoms with E-state index in [9.17, 15) is 17.6 Å². The van der Waals surface area contributed by atoms with Gasteiger partial charge in [0, 0.05) is 11.8 Å². The fraction of sp³-hybridized carbons (Fsp3) is 0.600. The quantitative estimate of drug-likeness (QED) is 0.707. The summed E-state index contributed by atoms with van der Waals surface area (Å²) < 4.78 is 51.7. The zero-order valence-corrected chi connectivity index (χ0v) is 13.2. The highest BCUT2D eigenvalue weighted by atomic mass is 32.2. The Kier molecular flexibility index (Phi) is 7.00. The van der Waals surface area contributed by atoms with Gasteiger partial charge in [-0.15, -0.1) is 0 Å². The van der Waals surface area contributed by atoms with Gasteiger partial charge in [0.25, 0.3) is 0 Å². The number of rotatable bonds is 7. The number of benzene rings is 1. The van der Waals surface area contributed by atoms with E-state index in [1.54, 1.807) is 11.8 Å². The van der Waals surface area contributed by atoms with Crippen molar-refractivity contribution in [3.05, 3.63) is 35.1 Å². The summed E-state index contributed by atoms with van der Waals surface area (Å²) in [4.78, 5) is 0. The Balaban J connectivity index is 3.00. The summed E-state index contributed by atoms with van der Waals surface area (Å²) in [6.45, 7) is 6.77. The highest BCUT2D eigenvalue weighted by Gasteiger charge is 2.34. The van der Waals surface area contributed by atoms with Gasteiger partial charge < -0.3 is 5.32 Å². The second-order valence-electron chi connectivity index (χ2n) is 5.13. The molecule has 1 N–H and O–H groups in total. The molecule has 0 saturated carbocycles. The standard InChI is InChI=1S/C15H21F4NS/c1-4-7-20-14(9-21-10(2)3)11-5-6-13(16)12(8-11)15(17,18)19/h5-6,8,10,14,20H,4,7,9H2,1-3H3. The van der Waals surface area contributed by atoms with Gasteiger partial charge in [-0.2, -0.15) is 24.9 Å². The number of hydrogen-bond donors (Lipinski definition) is 1. The van der Waals surface area contributed by atoms with Crippen LogP contribution in [-0.4, -0.2) is 17.5 Å². The maximum Gasteiger partial charge on any atom is 0.419 e. The van der Waals surface area contributed by atoms with Gasteiger partial charge in [0.2, 0.25) is 0 Å². The fourth-order valence-electron chi connectivity index (χ4n) is 1.86. The van der Waals surface area contributed by atoms with E-state index in [4.69, 9.17) is 0 Å². The van der Waals surface area contributed by atoms with E-state index < -0.39 is 17.6 Å². The highest BCUT2D eigenvalue weighted by molar-refractivity contribution is 7.99. The van der Waals surface area contributed by atoms with Gasteiger partial charge in [-0.05, 0) is 35.9 Å². The first-order chi connectivity index (χ1) is 9.75. The van der Waals surface area contributed by atoms with Gasteiger partial charge in [0.15, 0.2) is 0 Å². The molecule has 0 aliphatic rings. The summed E-state index contributed by atoms with van der Waals surface area (Å²) in [5.74, 6) is -0.572. The summed E-state index contributed by atoms with van der Waals surface area (Å²) >= 11 is 1.66. The van der Waals surface area contributed by atoms with Crippen molar-refractivity contribution in [2.75, 3.05) is 12.3 Å². The Bertz CT molecular complexity index is 446. The van der Waals surface area contributed by atoms with Crippen molar-refractivity contribution in [3.8, 4) is 0 Å². The first kappa shape index (κ1) is 18.3. The molecule has 1 unspecified atom stereocenters. The predicted molar refractivity (Wildman–Crippen MR) is 80.0 cm³/mol. The van der Waals surface area contributed by atoms with Crippen molar-refractivity contribution in [1.29, 1.82) is 0 Å². The van der Waals surface area contributed by atoms with Crippen LogP contribution in [0.15, 0.2) is 18.2 Å². The van der Waals surface area contributed by atoms with Crippen molar-refractivity contribution in [2.24, 2.45) is 0 Å². The van der Waals surface area contributed by atoms with Gasteiger partial charge in [-0.1, -0.05) is 26.8 Å². The zero-order chi connectivity index (χ0) is 16.0. The van der Waals surface area contributed by atoms with E-state index in [2.05, 4.69) is 5.32 Å². The van der Waals surface area contributed by atoms with Gasteiger partial charge in [-0.3, -0.25) is 0 Å².